The Kier molecular flexibility index (Phi) is 3.24. The van der Waals surface area contributed by atoms with Gasteiger partial charge in [0.05, 0.1) is 16.9 Å². The Bertz CT molecular complexity index is 647. The van der Waals surface area contributed by atoms with Crippen molar-refractivity contribution in [1.82, 2.24) is 5.32 Å². The van der Waals surface area contributed by atoms with Crippen LogP contribution in [0.15, 0.2) is 18.2 Å². The molecule has 1 aromatic carbocycles. The number of carboxylic acids is 1. The standard InChI is InChI=1S/C13H12F3N3O3/c14-13(15,16)6-1-2-8-7(3-6)18-11(20)9-4-17-5-10(12(21)22)19(8)9/h1-3,9-10,17H,4-5H2,(H,18,20)(H,21,22)/t9?,10-/m0/s1. The first-order valence-electron chi connectivity index (χ1n) is 6.53. The van der Waals surface area contributed by atoms with Crippen LogP contribution >= 0.6 is 0 Å². The van der Waals surface area contributed by atoms with Gasteiger partial charge in [-0.3, -0.25) is 4.79 Å². The highest BCUT2D eigenvalue weighted by Gasteiger charge is 2.43. The highest BCUT2D eigenvalue weighted by molar-refractivity contribution is 6.05. The molecule has 0 aliphatic carbocycles. The van der Waals surface area contributed by atoms with Crippen LogP contribution in [0.25, 0.3) is 0 Å². The fraction of sp³-hybridized carbons (Fsp3) is 0.385. The number of nitrogens with zero attached hydrogens (tertiary/aromatic N) is 1. The van der Waals surface area contributed by atoms with Crippen LogP contribution in [0.3, 0.4) is 0 Å². The number of hydrogen-bond donors (Lipinski definition) is 3. The third-order valence-corrected chi connectivity index (χ3v) is 3.79. The number of benzene rings is 1. The van der Waals surface area contributed by atoms with E-state index in [9.17, 15) is 27.9 Å². The average molecular weight is 315 g/mol. The number of aliphatic carboxylic acids is 1. The van der Waals surface area contributed by atoms with Crippen molar-refractivity contribution in [3.8, 4) is 0 Å². The average Bonchev–Trinajstić information content (AvgIpc) is 2.45. The maximum atomic E-state index is 12.8. The van der Waals surface area contributed by atoms with E-state index in [1.165, 1.54) is 11.0 Å². The number of alkyl halides is 3. The molecule has 1 fully saturated rings. The molecule has 2 heterocycles. The number of carbonyl (C=O) groups is 2. The van der Waals surface area contributed by atoms with Gasteiger partial charge in [-0.05, 0) is 18.2 Å². The Balaban J connectivity index is 2.08. The predicted molar refractivity (Wildman–Crippen MR) is 70.6 cm³/mol. The molecule has 0 bridgehead atoms. The number of piperazine rings is 1. The summed E-state index contributed by atoms with van der Waals surface area (Å²) in [7, 11) is 0. The molecule has 0 spiro atoms. The van der Waals surface area contributed by atoms with Crippen molar-refractivity contribution < 1.29 is 27.9 Å². The van der Waals surface area contributed by atoms with Crippen LogP contribution in [0.2, 0.25) is 0 Å². The van der Waals surface area contributed by atoms with Gasteiger partial charge in [0.15, 0.2) is 0 Å². The summed E-state index contributed by atoms with van der Waals surface area (Å²) in [5.41, 5.74) is -0.636. The number of rotatable bonds is 1. The highest BCUT2D eigenvalue weighted by Crippen LogP contribution is 2.39. The number of amides is 1. The van der Waals surface area contributed by atoms with Crippen molar-refractivity contribution in [3.05, 3.63) is 23.8 Å². The monoisotopic (exact) mass is 315 g/mol. The van der Waals surface area contributed by atoms with E-state index in [4.69, 9.17) is 0 Å². The van der Waals surface area contributed by atoms with Crippen LogP contribution < -0.4 is 15.5 Å². The molecule has 2 aliphatic heterocycles. The fourth-order valence-electron chi connectivity index (χ4n) is 2.79. The molecule has 3 rings (SSSR count). The van der Waals surface area contributed by atoms with E-state index in [1.54, 1.807) is 0 Å². The first-order chi connectivity index (χ1) is 10.3. The highest BCUT2D eigenvalue weighted by atomic mass is 19.4. The Morgan fingerprint density at radius 2 is 2.05 bits per heavy atom. The van der Waals surface area contributed by atoms with Crippen LogP contribution in [0.1, 0.15) is 5.56 Å². The lowest BCUT2D eigenvalue weighted by Gasteiger charge is -2.44. The zero-order valence-electron chi connectivity index (χ0n) is 11.1. The molecule has 0 saturated carbocycles. The van der Waals surface area contributed by atoms with Gasteiger partial charge in [0.2, 0.25) is 5.91 Å². The third kappa shape index (κ3) is 2.27. The number of fused-ring (bicyclic) bond motifs is 3. The molecule has 1 unspecified atom stereocenters. The summed E-state index contributed by atoms with van der Waals surface area (Å²) < 4.78 is 38.3. The quantitative estimate of drug-likeness (QED) is 0.717. The number of carboxylic acid groups (broad SMARTS) is 1. The number of nitrogens with one attached hydrogen (secondary N) is 2. The zero-order valence-corrected chi connectivity index (χ0v) is 11.1. The Morgan fingerprint density at radius 1 is 1.32 bits per heavy atom. The minimum atomic E-state index is -4.54. The van der Waals surface area contributed by atoms with Crippen LogP contribution in [0.5, 0.6) is 0 Å². The van der Waals surface area contributed by atoms with Crippen molar-refractivity contribution in [1.29, 1.82) is 0 Å². The Morgan fingerprint density at radius 3 is 2.68 bits per heavy atom. The van der Waals surface area contributed by atoms with E-state index < -0.39 is 35.7 Å². The number of carbonyl (C=O) groups excluding carboxylic acids is 1. The molecule has 1 amide bonds. The number of halogens is 3. The van der Waals surface area contributed by atoms with Crippen molar-refractivity contribution >= 4 is 23.3 Å². The molecule has 22 heavy (non-hydrogen) atoms. The summed E-state index contributed by atoms with van der Waals surface area (Å²) >= 11 is 0. The molecule has 0 aromatic heterocycles. The van der Waals surface area contributed by atoms with Gasteiger partial charge >= 0.3 is 12.1 Å². The number of anilines is 2. The Hall–Kier alpha value is -2.29. The van der Waals surface area contributed by atoms with E-state index in [-0.39, 0.29) is 24.5 Å². The van der Waals surface area contributed by atoms with Gasteiger partial charge in [0.1, 0.15) is 12.1 Å². The second-order valence-electron chi connectivity index (χ2n) is 5.15. The maximum absolute atomic E-state index is 12.8. The lowest BCUT2D eigenvalue weighted by atomic mass is 10.00. The summed E-state index contributed by atoms with van der Waals surface area (Å²) in [6.07, 6.45) is -4.54. The molecule has 1 aromatic rings. The van der Waals surface area contributed by atoms with Crippen molar-refractivity contribution in [3.63, 3.8) is 0 Å². The topological polar surface area (TPSA) is 81.7 Å². The van der Waals surface area contributed by atoms with Crippen LogP contribution in [0.4, 0.5) is 24.5 Å². The summed E-state index contributed by atoms with van der Waals surface area (Å²) in [6.45, 7) is 0.343. The summed E-state index contributed by atoms with van der Waals surface area (Å²) in [6, 6.07) is 1.13. The van der Waals surface area contributed by atoms with Gasteiger partial charge in [-0.2, -0.15) is 13.2 Å². The zero-order chi connectivity index (χ0) is 16.1. The Labute approximate surface area is 122 Å². The second kappa shape index (κ2) is 4.87. The van der Waals surface area contributed by atoms with Crippen LogP contribution in [0, 0.1) is 0 Å². The molecular formula is C13H12F3N3O3. The van der Waals surface area contributed by atoms with Gasteiger partial charge in [-0.15, -0.1) is 0 Å². The lowest BCUT2D eigenvalue weighted by molar-refractivity contribution is -0.139. The van der Waals surface area contributed by atoms with E-state index in [2.05, 4.69) is 10.6 Å². The van der Waals surface area contributed by atoms with Crippen LogP contribution in [-0.4, -0.2) is 42.2 Å². The smallest absolute Gasteiger partial charge is 0.416 e. The minimum absolute atomic E-state index is 0.0239. The summed E-state index contributed by atoms with van der Waals surface area (Å²) in [5, 5.41) is 14.5. The van der Waals surface area contributed by atoms with E-state index >= 15 is 0 Å². The SMILES string of the molecule is O=C1Nc2cc(C(F)(F)F)ccc2N2C1CNC[C@H]2C(=O)O. The van der Waals surface area contributed by atoms with Crippen LogP contribution in [-0.2, 0) is 15.8 Å². The molecule has 3 N–H and O–H groups in total. The molecular weight excluding hydrogens is 303 g/mol. The molecule has 9 heteroatoms. The summed E-state index contributed by atoms with van der Waals surface area (Å²) in [5.74, 6) is -1.66. The second-order valence-corrected chi connectivity index (χ2v) is 5.15. The fourth-order valence-corrected chi connectivity index (χ4v) is 2.79. The van der Waals surface area contributed by atoms with E-state index in [0.29, 0.717) is 0 Å². The van der Waals surface area contributed by atoms with E-state index in [1.807, 2.05) is 0 Å². The van der Waals surface area contributed by atoms with Gasteiger partial charge in [-0.1, -0.05) is 0 Å². The van der Waals surface area contributed by atoms with Gasteiger partial charge < -0.3 is 20.6 Å². The molecule has 6 nitrogen and oxygen atoms in total. The molecule has 2 atom stereocenters. The van der Waals surface area contributed by atoms with Crippen molar-refractivity contribution in [2.24, 2.45) is 0 Å². The molecule has 118 valence electrons. The third-order valence-electron chi connectivity index (χ3n) is 3.79. The lowest BCUT2D eigenvalue weighted by Crippen LogP contribution is -2.65. The van der Waals surface area contributed by atoms with Gasteiger partial charge in [-0.25, -0.2) is 4.79 Å². The maximum Gasteiger partial charge on any atom is 0.416 e. The van der Waals surface area contributed by atoms with Crippen molar-refractivity contribution in [2.45, 2.75) is 18.3 Å². The molecule has 0 radical (unpaired) electrons. The first-order valence-corrected chi connectivity index (χ1v) is 6.53. The molecule has 2 aliphatic rings. The normalized spacial score (nSPS) is 24.3. The summed E-state index contributed by atoms with van der Waals surface area (Å²) in [4.78, 5) is 24.8. The van der Waals surface area contributed by atoms with Crippen molar-refractivity contribution in [2.75, 3.05) is 23.3 Å². The van der Waals surface area contributed by atoms with E-state index in [0.717, 1.165) is 12.1 Å². The predicted octanol–water partition coefficient (Wildman–Crippen LogP) is 0.889. The minimum Gasteiger partial charge on any atom is -0.480 e. The molecule has 1 saturated heterocycles. The largest absolute Gasteiger partial charge is 0.480 e. The first kappa shape index (κ1) is 14.6. The van der Waals surface area contributed by atoms with Gasteiger partial charge in [0.25, 0.3) is 0 Å². The number of hydrogen-bond acceptors (Lipinski definition) is 4. The van der Waals surface area contributed by atoms with Gasteiger partial charge in [0, 0.05) is 13.1 Å².